The number of piperazine rings is 1. The Labute approximate surface area is 144 Å². The number of carbonyl (C=O) groups excluding carboxylic acids is 1. The van der Waals surface area contributed by atoms with Crippen molar-refractivity contribution in [2.75, 3.05) is 39.3 Å². The molecule has 132 valence electrons. The molecule has 2 fully saturated rings. The summed E-state index contributed by atoms with van der Waals surface area (Å²) in [6, 6.07) is 10.5. The van der Waals surface area contributed by atoms with E-state index in [-0.39, 0.29) is 17.9 Å². The first-order chi connectivity index (χ1) is 11.7. The summed E-state index contributed by atoms with van der Waals surface area (Å²) < 4.78 is 0. The minimum absolute atomic E-state index is 0.0885. The van der Waals surface area contributed by atoms with E-state index in [0.717, 1.165) is 52.0 Å². The Balaban J connectivity index is 1.33. The second-order valence-electron chi connectivity index (χ2n) is 7.10. The SMILES string of the molecule is O=C(CN1CCN(Cc2ccccc2)CC1)NCC1CCCC1O. The Morgan fingerprint density at radius 2 is 1.79 bits per heavy atom. The second kappa shape index (κ2) is 8.60. The van der Waals surface area contributed by atoms with Crippen LogP contribution in [0, 0.1) is 5.92 Å². The highest BCUT2D eigenvalue weighted by Crippen LogP contribution is 2.24. The van der Waals surface area contributed by atoms with Crippen molar-refractivity contribution >= 4 is 5.91 Å². The Morgan fingerprint density at radius 1 is 1.08 bits per heavy atom. The van der Waals surface area contributed by atoms with Crippen LogP contribution in [-0.4, -0.2) is 66.2 Å². The summed E-state index contributed by atoms with van der Waals surface area (Å²) in [5.74, 6) is 0.335. The highest BCUT2D eigenvalue weighted by Gasteiger charge is 2.26. The quantitative estimate of drug-likeness (QED) is 0.819. The van der Waals surface area contributed by atoms with Gasteiger partial charge in [0, 0.05) is 45.2 Å². The fourth-order valence-electron chi connectivity index (χ4n) is 3.71. The molecule has 1 amide bonds. The first-order valence-electron chi connectivity index (χ1n) is 9.14. The lowest BCUT2D eigenvalue weighted by molar-refractivity contribution is -0.123. The Kier molecular flexibility index (Phi) is 6.24. The molecule has 1 saturated heterocycles. The van der Waals surface area contributed by atoms with Gasteiger partial charge in [-0.3, -0.25) is 14.6 Å². The smallest absolute Gasteiger partial charge is 0.234 e. The molecule has 1 saturated carbocycles. The molecule has 1 heterocycles. The minimum atomic E-state index is -0.230. The molecule has 2 unspecified atom stereocenters. The summed E-state index contributed by atoms with van der Waals surface area (Å²) in [7, 11) is 0. The number of rotatable bonds is 6. The summed E-state index contributed by atoms with van der Waals surface area (Å²) in [4.78, 5) is 16.8. The maximum atomic E-state index is 12.1. The Bertz CT molecular complexity index is 515. The van der Waals surface area contributed by atoms with E-state index in [1.165, 1.54) is 5.56 Å². The highest BCUT2D eigenvalue weighted by molar-refractivity contribution is 5.78. The van der Waals surface area contributed by atoms with Crippen molar-refractivity contribution in [2.24, 2.45) is 5.92 Å². The van der Waals surface area contributed by atoms with Crippen molar-refractivity contribution in [2.45, 2.75) is 31.9 Å². The first kappa shape index (κ1) is 17.4. The molecule has 1 aromatic rings. The van der Waals surface area contributed by atoms with Crippen molar-refractivity contribution < 1.29 is 9.90 Å². The van der Waals surface area contributed by atoms with Crippen molar-refractivity contribution in [3.8, 4) is 0 Å². The van der Waals surface area contributed by atoms with E-state index in [9.17, 15) is 9.90 Å². The largest absolute Gasteiger partial charge is 0.393 e. The summed E-state index contributed by atoms with van der Waals surface area (Å²) in [5, 5.41) is 12.8. The molecule has 2 atom stereocenters. The highest BCUT2D eigenvalue weighted by atomic mass is 16.3. The van der Waals surface area contributed by atoms with Crippen LogP contribution in [-0.2, 0) is 11.3 Å². The number of amides is 1. The van der Waals surface area contributed by atoms with Gasteiger partial charge < -0.3 is 10.4 Å². The van der Waals surface area contributed by atoms with Crippen LogP contribution >= 0.6 is 0 Å². The summed E-state index contributed by atoms with van der Waals surface area (Å²) >= 11 is 0. The molecular formula is C19H29N3O2. The van der Waals surface area contributed by atoms with Crippen molar-refractivity contribution in [1.82, 2.24) is 15.1 Å². The molecule has 2 N–H and O–H groups in total. The monoisotopic (exact) mass is 331 g/mol. The second-order valence-corrected chi connectivity index (χ2v) is 7.10. The summed E-state index contributed by atoms with van der Waals surface area (Å²) in [5.41, 5.74) is 1.35. The lowest BCUT2D eigenvalue weighted by atomic mass is 10.1. The molecule has 0 radical (unpaired) electrons. The zero-order chi connectivity index (χ0) is 16.8. The molecule has 1 aromatic carbocycles. The van der Waals surface area contributed by atoms with E-state index >= 15 is 0 Å². The van der Waals surface area contributed by atoms with Gasteiger partial charge in [0.25, 0.3) is 0 Å². The van der Waals surface area contributed by atoms with Crippen LogP contribution in [0.4, 0.5) is 0 Å². The molecular weight excluding hydrogens is 302 g/mol. The number of hydrogen-bond acceptors (Lipinski definition) is 4. The third-order valence-electron chi connectivity index (χ3n) is 5.26. The van der Waals surface area contributed by atoms with Crippen LogP contribution in [0.25, 0.3) is 0 Å². The summed E-state index contributed by atoms with van der Waals surface area (Å²) in [6.45, 7) is 5.96. The van der Waals surface area contributed by atoms with Gasteiger partial charge in [-0.15, -0.1) is 0 Å². The minimum Gasteiger partial charge on any atom is -0.393 e. The van der Waals surface area contributed by atoms with Crippen LogP contribution in [0.5, 0.6) is 0 Å². The molecule has 3 rings (SSSR count). The third kappa shape index (κ3) is 5.03. The van der Waals surface area contributed by atoms with Gasteiger partial charge in [0.1, 0.15) is 0 Å². The predicted octanol–water partition coefficient (Wildman–Crippen LogP) is 1.08. The number of aliphatic hydroxyl groups is 1. The lowest BCUT2D eigenvalue weighted by Crippen LogP contribution is -2.49. The van der Waals surface area contributed by atoms with Gasteiger partial charge in [-0.05, 0) is 18.4 Å². The van der Waals surface area contributed by atoms with E-state index in [4.69, 9.17) is 0 Å². The van der Waals surface area contributed by atoms with Crippen molar-refractivity contribution in [3.05, 3.63) is 35.9 Å². The maximum Gasteiger partial charge on any atom is 0.234 e. The number of nitrogens with zero attached hydrogens (tertiary/aromatic N) is 2. The van der Waals surface area contributed by atoms with Crippen LogP contribution in [0.2, 0.25) is 0 Å². The zero-order valence-electron chi connectivity index (χ0n) is 14.4. The van der Waals surface area contributed by atoms with Gasteiger partial charge in [0.2, 0.25) is 5.91 Å². The number of aliphatic hydroxyl groups excluding tert-OH is 1. The van der Waals surface area contributed by atoms with Gasteiger partial charge in [-0.2, -0.15) is 0 Å². The van der Waals surface area contributed by atoms with E-state index in [2.05, 4.69) is 39.4 Å². The molecule has 0 aromatic heterocycles. The summed E-state index contributed by atoms with van der Waals surface area (Å²) in [6.07, 6.45) is 2.75. The van der Waals surface area contributed by atoms with E-state index in [1.54, 1.807) is 0 Å². The van der Waals surface area contributed by atoms with Crippen LogP contribution < -0.4 is 5.32 Å². The van der Waals surface area contributed by atoms with Crippen molar-refractivity contribution in [3.63, 3.8) is 0 Å². The standard InChI is InChI=1S/C19H29N3O2/c23-18-8-4-7-17(18)13-20-19(24)15-22-11-9-21(10-12-22)14-16-5-2-1-3-6-16/h1-3,5-6,17-18,23H,4,7-15H2,(H,20,24). The van der Waals surface area contributed by atoms with E-state index in [1.807, 2.05) is 6.07 Å². The number of carbonyl (C=O) groups is 1. The zero-order valence-corrected chi connectivity index (χ0v) is 14.4. The van der Waals surface area contributed by atoms with Crippen LogP contribution in [0.1, 0.15) is 24.8 Å². The molecule has 0 spiro atoms. The van der Waals surface area contributed by atoms with Gasteiger partial charge in [0.15, 0.2) is 0 Å². The van der Waals surface area contributed by atoms with E-state index in [0.29, 0.717) is 13.1 Å². The third-order valence-corrected chi connectivity index (χ3v) is 5.26. The van der Waals surface area contributed by atoms with E-state index < -0.39 is 0 Å². The predicted molar refractivity (Wildman–Crippen MR) is 94.5 cm³/mol. The van der Waals surface area contributed by atoms with Gasteiger partial charge >= 0.3 is 0 Å². The molecule has 1 aliphatic carbocycles. The first-order valence-corrected chi connectivity index (χ1v) is 9.14. The fraction of sp³-hybridized carbons (Fsp3) is 0.632. The maximum absolute atomic E-state index is 12.1. The van der Waals surface area contributed by atoms with Gasteiger partial charge in [0.05, 0.1) is 12.6 Å². The number of nitrogens with one attached hydrogen (secondary N) is 1. The molecule has 0 bridgehead atoms. The Hall–Kier alpha value is -1.43. The van der Waals surface area contributed by atoms with Crippen LogP contribution in [0.3, 0.4) is 0 Å². The van der Waals surface area contributed by atoms with Gasteiger partial charge in [-0.25, -0.2) is 0 Å². The van der Waals surface area contributed by atoms with Gasteiger partial charge in [-0.1, -0.05) is 36.8 Å². The molecule has 1 aliphatic heterocycles. The Morgan fingerprint density at radius 3 is 2.46 bits per heavy atom. The van der Waals surface area contributed by atoms with Crippen LogP contribution in [0.15, 0.2) is 30.3 Å². The average molecular weight is 331 g/mol. The molecule has 5 nitrogen and oxygen atoms in total. The molecule has 2 aliphatic rings. The number of benzene rings is 1. The molecule has 24 heavy (non-hydrogen) atoms. The topological polar surface area (TPSA) is 55.8 Å². The normalized spacial score (nSPS) is 25.7. The molecule has 5 heteroatoms. The average Bonchev–Trinajstić information content (AvgIpc) is 3.01. The number of hydrogen-bond donors (Lipinski definition) is 2. The fourth-order valence-corrected chi connectivity index (χ4v) is 3.71. The lowest BCUT2D eigenvalue weighted by Gasteiger charge is -2.34. The van der Waals surface area contributed by atoms with Crippen molar-refractivity contribution in [1.29, 1.82) is 0 Å².